The summed E-state index contributed by atoms with van der Waals surface area (Å²) in [7, 11) is 0. The molecule has 0 N–H and O–H groups in total. The molecular formula is C21H22N2O3. The van der Waals surface area contributed by atoms with Crippen LogP contribution in [0, 0.1) is 0 Å². The van der Waals surface area contributed by atoms with Crippen molar-refractivity contribution in [2.45, 2.75) is 25.7 Å². The van der Waals surface area contributed by atoms with E-state index in [1.54, 1.807) is 23.4 Å². The summed E-state index contributed by atoms with van der Waals surface area (Å²) in [4.78, 5) is 29.3. The zero-order valence-corrected chi connectivity index (χ0v) is 14.6. The Bertz CT molecular complexity index is 770. The first-order valence-electron chi connectivity index (χ1n) is 8.86. The Morgan fingerprint density at radius 3 is 2.62 bits per heavy atom. The molecule has 26 heavy (non-hydrogen) atoms. The van der Waals surface area contributed by atoms with Crippen molar-refractivity contribution in [1.82, 2.24) is 4.98 Å². The first kappa shape index (κ1) is 17.9. The first-order valence-corrected chi connectivity index (χ1v) is 8.86. The number of amides is 1. The van der Waals surface area contributed by atoms with Crippen LogP contribution in [0.25, 0.3) is 6.08 Å². The van der Waals surface area contributed by atoms with Gasteiger partial charge in [0.15, 0.2) is 0 Å². The molecule has 1 aliphatic heterocycles. The van der Waals surface area contributed by atoms with E-state index >= 15 is 0 Å². The van der Waals surface area contributed by atoms with Gasteiger partial charge >= 0.3 is 5.97 Å². The summed E-state index contributed by atoms with van der Waals surface area (Å²) in [5.41, 5.74) is 2.99. The van der Waals surface area contributed by atoms with E-state index in [1.165, 1.54) is 11.6 Å². The van der Waals surface area contributed by atoms with E-state index in [1.807, 2.05) is 36.4 Å². The van der Waals surface area contributed by atoms with Crippen LogP contribution >= 0.6 is 0 Å². The fraction of sp³-hybridized carbons (Fsp3) is 0.286. The summed E-state index contributed by atoms with van der Waals surface area (Å²) >= 11 is 0. The smallest absolute Gasteiger partial charge is 0.330 e. The Kier molecular flexibility index (Phi) is 6.14. The molecule has 1 saturated heterocycles. The van der Waals surface area contributed by atoms with Gasteiger partial charge in [-0.15, -0.1) is 0 Å². The highest BCUT2D eigenvalue weighted by Crippen LogP contribution is 2.21. The molecular weight excluding hydrogens is 328 g/mol. The highest BCUT2D eigenvalue weighted by Gasteiger charge is 2.21. The van der Waals surface area contributed by atoms with Gasteiger partial charge in [0.25, 0.3) is 0 Å². The Balaban J connectivity index is 1.42. The van der Waals surface area contributed by atoms with Crippen molar-refractivity contribution < 1.29 is 14.3 Å². The molecule has 0 spiro atoms. The zero-order valence-electron chi connectivity index (χ0n) is 14.6. The molecule has 0 bridgehead atoms. The topological polar surface area (TPSA) is 59.5 Å². The molecule has 2 heterocycles. The van der Waals surface area contributed by atoms with E-state index in [0.29, 0.717) is 13.0 Å². The van der Waals surface area contributed by atoms with E-state index in [9.17, 15) is 9.59 Å². The highest BCUT2D eigenvalue weighted by molar-refractivity contribution is 5.95. The van der Waals surface area contributed by atoms with Crippen molar-refractivity contribution in [2.24, 2.45) is 0 Å². The van der Waals surface area contributed by atoms with Crippen LogP contribution in [-0.4, -0.2) is 30.0 Å². The molecule has 1 aliphatic rings. The van der Waals surface area contributed by atoms with Crippen LogP contribution < -0.4 is 4.90 Å². The van der Waals surface area contributed by atoms with Gasteiger partial charge in [0, 0.05) is 37.1 Å². The third kappa shape index (κ3) is 5.02. The minimum Gasteiger partial charge on any atom is -0.463 e. The number of hydrogen-bond donors (Lipinski definition) is 0. The maximum Gasteiger partial charge on any atom is 0.330 e. The molecule has 0 atom stereocenters. The van der Waals surface area contributed by atoms with Crippen LogP contribution in [0.3, 0.4) is 0 Å². The van der Waals surface area contributed by atoms with Gasteiger partial charge in [0.05, 0.1) is 6.61 Å². The lowest BCUT2D eigenvalue weighted by molar-refractivity contribution is -0.137. The van der Waals surface area contributed by atoms with Crippen LogP contribution in [-0.2, 0) is 20.7 Å². The second-order valence-electron chi connectivity index (χ2n) is 6.20. The number of carbonyl (C=O) groups excluding carboxylic acids is 2. The van der Waals surface area contributed by atoms with Gasteiger partial charge in [-0.3, -0.25) is 9.78 Å². The zero-order chi connectivity index (χ0) is 18.2. The number of rotatable bonds is 7. The van der Waals surface area contributed by atoms with E-state index < -0.39 is 0 Å². The second-order valence-corrected chi connectivity index (χ2v) is 6.20. The lowest BCUT2D eigenvalue weighted by Gasteiger charge is -2.15. The summed E-state index contributed by atoms with van der Waals surface area (Å²) in [6, 6.07) is 11.5. The molecule has 1 fully saturated rings. The van der Waals surface area contributed by atoms with Crippen LogP contribution in [0.2, 0.25) is 0 Å². The summed E-state index contributed by atoms with van der Waals surface area (Å²) in [6.07, 6.45) is 9.84. The maximum absolute atomic E-state index is 11.8. The summed E-state index contributed by atoms with van der Waals surface area (Å²) in [5, 5.41) is 0. The minimum absolute atomic E-state index is 0.170. The molecule has 5 nitrogen and oxygen atoms in total. The van der Waals surface area contributed by atoms with Crippen molar-refractivity contribution >= 4 is 23.6 Å². The predicted octanol–water partition coefficient (Wildman–Crippen LogP) is 3.40. The van der Waals surface area contributed by atoms with Crippen LogP contribution in [0.5, 0.6) is 0 Å². The van der Waals surface area contributed by atoms with Gasteiger partial charge < -0.3 is 9.64 Å². The molecule has 5 heteroatoms. The van der Waals surface area contributed by atoms with Crippen molar-refractivity contribution in [1.29, 1.82) is 0 Å². The average Bonchev–Trinajstić information content (AvgIpc) is 3.11. The van der Waals surface area contributed by atoms with E-state index in [4.69, 9.17) is 4.74 Å². The van der Waals surface area contributed by atoms with Crippen LogP contribution in [0.15, 0.2) is 54.9 Å². The van der Waals surface area contributed by atoms with Gasteiger partial charge in [-0.05, 0) is 60.7 Å². The monoisotopic (exact) mass is 350 g/mol. The second kappa shape index (κ2) is 8.94. The molecule has 0 saturated carbocycles. The average molecular weight is 350 g/mol. The largest absolute Gasteiger partial charge is 0.463 e. The Morgan fingerprint density at radius 2 is 1.92 bits per heavy atom. The van der Waals surface area contributed by atoms with Gasteiger partial charge in [-0.2, -0.15) is 0 Å². The maximum atomic E-state index is 11.8. The van der Waals surface area contributed by atoms with Gasteiger partial charge in [0.2, 0.25) is 5.91 Å². The van der Waals surface area contributed by atoms with E-state index in [0.717, 1.165) is 37.1 Å². The normalized spacial score (nSPS) is 14.2. The molecule has 0 aliphatic carbocycles. The number of ether oxygens (including phenoxy) is 1. The predicted molar refractivity (Wildman–Crippen MR) is 101 cm³/mol. The van der Waals surface area contributed by atoms with Crippen molar-refractivity contribution in [3.8, 4) is 0 Å². The van der Waals surface area contributed by atoms with E-state index in [2.05, 4.69) is 4.98 Å². The molecule has 2 aromatic rings. The number of aromatic nitrogens is 1. The number of carbonyl (C=O) groups is 2. The van der Waals surface area contributed by atoms with Gasteiger partial charge in [-0.25, -0.2) is 4.79 Å². The molecule has 1 aromatic carbocycles. The molecule has 134 valence electrons. The Morgan fingerprint density at radius 1 is 1.15 bits per heavy atom. The Hall–Kier alpha value is -2.95. The molecule has 0 radical (unpaired) electrons. The van der Waals surface area contributed by atoms with E-state index in [-0.39, 0.29) is 11.9 Å². The molecule has 0 unspecified atom stereocenters. The van der Waals surface area contributed by atoms with Gasteiger partial charge in [0.1, 0.15) is 0 Å². The van der Waals surface area contributed by atoms with Crippen LogP contribution in [0.4, 0.5) is 5.69 Å². The number of aryl methyl sites for hydroxylation is 1. The number of hydrogen-bond acceptors (Lipinski definition) is 4. The SMILES string of the molecule is O=C(/C=C/c1ccc(N2CCCC2=O)cc1)OCCCc1ccncc1. The standard InChI is InChI=1S/C21H22N2O3/c24-20-4-1-15-23(20)19-8-5-18(6-9-19)7-10-21(25)26-16-2-3-17-11-13-22-14-12-17/h5-14H,1-4,15-16H2/b10-7+. The summed E-state index contributed by atoms with van der Waals surface area (Å²) in [5.74, 6) is -0.179. The quantitative estimate of drug-likeness (QED) is 0.436. The number of nitrogens with zero attached hydrogens (tertiary/aromatic N) is 2. The van der Waals surface area contributed by atoms with Crippen molar-refractivity contribution in [3.63, 3.8) is 0 Å². The van der Waals surface area contributed by atoms with Crippen molar-refractivity contribution in [3.05, 3.63) is 66.0 Å². The van der Waals surface area contributed by atoms with Crippen molar-refractivity contribution in [2.75, 3.05) is 18.1 Å². The molecule has 1 amide bonds. The fourth-order valence-electron chi connectivity index (χ4n) is 2.90. The molecule has 3 rings (SSSR count). The number of anilines is 1. The fourth-order valence-corrected chi connectivity index (χ4v) is 2.90. The summed E-state index contributed by atoms with van der Waals surface area (Å²) in [6.45, 7) is 1.17. The molecule has 1 aromatic heterocycles. The lowest BCUT2D eigenvalue weighted by Crippen LogP contribution is -2.23. The third-order valence-electron chi connectivity index (χ3n) is 4.29. The Labute approximate surface area is 153 Å². The lowest BCUT2D eigenvalue weighted by atomic mass is 10.1. The third-order valence-corrected chi connectivity index (χ3v) is 4.29. The highest BCUT2D eigenvalue weighted by atomic mass is 16.5. The minimum atomic E-state index is -0.349. The number of esters is 1. The first-order chi connectivity index (χ1) is 12.7. The van der Waals surface area contributed by atoms with Crippen LogP contribution in [0.1, 0.15) is 30.4 Å². The summed E-state index contributed by atoms with van der Waals surface area (Å²) < 4.78 is 5.21. The number of benzene rings is 1. The number of pyridine rings is 1. The van der Waals surface area contributed by atoms with Gasteiger partial charge in [-0.1, -0.05) is 12.1 Å².